The lowest BCUT2D eigenvalue weighted by atomic mass is 9.65. The molecule has 0 saturated carbocycles. The minimum absolute atomic E-state index is 0.562. The summed E-state index contributed by atoms with van der Waals surface area (Å²) in [5.74, 6) is 0. The average Bonchev–Trinajstić information content (AvgIpc) is 3.42. The standard InChI is InChI=1S/C48H40Cl2N2/c1-3-47(41-30-16-18-32-43(41)49,51-45(38-25-12-6-13-26-38)35(2)36-21-8-4-9-22-36)48(42-31-17-19-33-44(42)50)34-20-29-40(37-23-10-5-11-24-37)46(52-48)39-27-14-7-15-28-39/h4-19,21-33H,2-3,20,34H2,1H3/b51-45+. The topological polar surface area (TPSA) is 24.7 Å². The number of benzene rings is 6. The molecule has 6 aromatic rings. The molecular formula is C48H40Cl2N2. The van der Waals surface area contributed by atoms with Crippen LogP contribution in [0.4, 0.5) is 0 Å². The molecular weight excluding hydrogens is 675 g/mol. The van der Waals surface area contributed by atoms with E-state index in [1.807, 2.05) is 78.9 Å². The van der Waals surface area contributed by atoms with Crippen LogP contribution in [0, 0.1) is 0 Å². The Bertz CT molecular complexity index is 2210. The number of allylic oxidation sites excluding steroid dienone is 3. The van der Waals surface area contributed by atoms with Gasteiger partial charge in [0.05, 0.1) is 11.4 Å². The van der Waals surface area contributed by atoms with E-state index in [0.29, 0.717) is 22.9 Å². The fraction of sp³-hybridized carbons (Fsp3) is 0.125. The number of halogens is 2. The van der Waals surface area contributed by atoms with Gasteiger partial charge in [-0.15, -0.1) is 0 Å². The van der Waals surface area contributed by atoms with Crippen molar-refractivity contribution in [3.8, 4) is 0 Å². The van der Waals surface area contributed by atoms with Crippen LogP contribution in [0.5, 0.6) is 0 Å². The Kier molecular flexibility index (Phi) is 10.5. The third-order valence-electron chi connectivity index (χ3n) is 10.1. The van der Waals surface area contributed by atoms with Crippen LogP contribution in [0.25, 0.3) is 11.1 Å². The summed E-state index contributed by atoms with van der Waals surface area (Å²) in [5.41, 5.74) is 7.31. The van der Waals surface area contributed by atoms with E-state index < -0.39 is 11.1 Å². The fourth-order valence-electron chi connectivity index (χ4n) is 7.63. The number of aliphatic imine (C=N–C) groups is 2. The van der Waals surface area contributed by atoms with Crippen molar-refractivity contribution in [3.05, 3.63) is 226 Å². The molecule has 0 N–H and O–H groups in total. The van der Waals surface area contributed by atoms with Gasteiger partial charge in [0, 0.05) is 43.4 Å². The van der Waals surface area contributed by atoms with Gasteiger partial charge >= 0.3 is 0 Å². The van der Waals surface area contributed by atoms with Crippen LogP contribution in [0.1, 0.15) is 59.6 Å². The SMILES string of the molecule is C=C(/C(=N\C(CC)(c1ccccc1Cl)C1(c2ccccc2Cl)CCC=C(c2ccccc2)C(c2ccccc2)=N1)c1ccccc1)c1ccccc1. The fourth-order valence-corrected chi connectivity index (χ4v) is 8.22. The monoisotopic (exact) mass is 714 g/mol. The van der Waals surface area contributed by atoms with Gasteiger partial charge in [-0.3, -0.25) is 9.98 Å². The van der Waals surface area contributed by atoms with E-state index in [2.05, 4.69) is 104 Å². The molecule has 4 heteroatoms. The van der Waals surface area contributed by atoms with E-state index in [1.165, 1.54) is 0 Å². The van der Waals surface area contributed by atoms with Crippen molar-refractivity contribution < 1.29 is 0 Å². The van der Waals surface area contributed by atoms with Crippen LogP contribution < -0.4 is 0 Å². The highest BCUT2D eigenvalue weighted by molar-refractivity contribution is 6.34. The predicted molar refractivity (Wildman–Crippen MR) is 222 cm³/mol. The highest BCUT2D eigenvalue weighted by Crippen LogP contribution is 2.57. The second-order valence-corrected chi connectivity index (χ2v) is 13.9. The van der Waals surface area contributed by atoms with Crippen molar-refractivity contribution >= 4 is 45.8 Å². The Morgan fingerprint density at radius 3 is 1.77 bits per heavy atom. The maximum absolute atomic E-state index is 7.36. The first-order valence-corrected chi connectivity index (χ1v) is 18.5. The summed E-state index contributed by atoms with van der Waals surface area (Å²) in [6.07, 6.45) is 4.23. The van der Waals surface area contributed by atoms with Crippen molar-refractivity contribution in [2.45, 2.75) is 37.3 Å². The summed E-state index contributed by atoms with van der Waals surface area (Å²) in [6.45, 7) is 6.88. The molecule has 6 aromatic carbocycles. The first-order chi connectivity index (χ1) is 25.5. The molecule has 0 spiro atoms. The molecule has 0 saturated heterocycles. The van der Waals surface area contributed by atoms with Crippen molar-refractivity contribution in [1.29, 1.82) is 0 Å². The third kappa shape index (κ3) is 6.61. The lowest BCUT2D eigenvalue weighted by Gasteiger charge is -2.47. The van der Waals surface area contributed by atoms with Gasteiger partial charge in [-0.2, -0.15) is 0 Å². The molecule has 1 heterocycles. The number of nitrogens with zero attached hydrogens (tertiary/aromatic N) is 2. The summed E-state index contributed by atoms with van der Waals surface area (Å²) in [5, 5.41) is 1.25. The Morgan fingerprint density at radius 2 is 1.17 bits per heavy atom. The predicted octanol–water partition coefficient (Wildman–Crippen LogP) is 13.1. The molecule has 1 aliphatic rings. The number of hydrogen-bond donors (Lipinski definition) is 0. The second kappa shape index (κ2) is 15.5. The number of rotatable bonds is 10. The summed E-state index contributed by atoms with van der Waals surface area (Å²) < 4.78 is 0. The lowest BCUT2D eigenvalue weighted by Crippen LogP contribution is -2.48. The van der Waals surface area contributed by atoms with E-state index in [9.17, 15) is 0 Å². The molecule has 0 aliphatic carbocycles. The van der Waals surface area contributed by atoms with E-state index in [0.717, 1.165) is 62.4 Å². The Morgan fingerprint density at radius 1 is 0.654 bits per heavy atom. The molecule has 0 aromatic heterocycles. The van der Waals surface area contributed by atoms with Crippen molar-refractivity contribution in [1.82, 2.24) is 0 Å². The Hall–Kier alpha value is -5.28. The van der Waals surface area contributed by atoms with Gasteiger partial charge in [0.1, 0.15) is 11.1 Å². The Labute approximate surface area is 317 Å². The molecule has 2 atom stereocenters. The van der Waals surface area contributed by atoms with Crippen LogP contribution in [-0.2, 0) is 11.1 Å². The molecule has 1 aliphatic heterocycles. The van der Waals surface area contributed by atoms with Crippen LogP contribution >= 0.6 is 23.2 Å². The second-order valence-electron chi connectivity index (χ2n) is 13.1. The molecule has 52 heavy (non-hydrogen) atoms. The molecule has 0 amide bonds. The lowest BCUT2D eigenvalue weighted by molar-refractivity contribution is 0.206. The normalized spacial score (nSPS) is 17.3. The van der Waals surface area contributed by atoms with Gasteiger partial charge in [-0.25, -0.2) is 0 Å². The smallest absolute Gasteiger partial charge is 0.117 e. The van der Waals surface area contributed by atoms with Crippen LogP contribution in [0.2, 0.25) is 10.0 Å². The Balaban J connectivity index is 1.65. The van der Waals surface area contributed by atoms with Gasteiger partial charge in [-0.05, 0) is 42.5 Å². The molecule has 2 nitrogen and oxygen atoms in total. The van der Waals surface area contributed by atoms with E-state index in [4.69, 9.17) is 39.8 Å². The molecule has 256 valence electrons. The van der Waals surface area contributed by atoms with Crippen molar-refractivity contribution in [3.63, 3.8) is 0 Å². The van der Waals surface area contributed by atoms with Crippen LogP contribution in [-0.4, -0.2) is 11.4 Å². The van der Waals surface area contributed by atoms with Crippen LogP contribution in [0.3, 0.4) is 0 Å². The van der Waals surface area contributed by atoms with E-state index in [-0.39, 0.29) is 0 Å². The zero-order chi connectivity index (χ0) is 36.0. The maximum atomic E-state index is 7.36. The molecule has 2 unspecified atom stereocenters. The first-order valence-electron chi connectivity index (χ1n) is 17.8. The zero-order valence-corrected chi connectivity index (χ0v) is 30.7. The van der Waals surface area contributed by atoms with Crippen molar-refractivity contribution in [2.75, 3.05) is 0 Å². The third-order valence-corrected chi connectivity index (χ3v) is 10.8. The van der Waals surface area contributed by atoms with Gasteiger partial charge in [-0.1, -0.05) is 201 Å². The van der Waals surface area contributed by atoms with E-state index in [1.54, 1.807) is 0 Å². The maximum Gasteiger partial charge on any atom is 0.117 e. The molecule has 0 radical (unpaired) electrons. The molecule has 0 bridgehead atoms. The highest BCUT2D eigenvalue weighted by atomic mass is 35.5. The van der Waals surface area contributed by atoms with Crippen LogP contribution in [0.15, 0.2) is 192 Å². The summed E-state index contributed by atoms with van der Waals surface area (Å²) in [6, 6.07) is 57.7. The molecule has 7 rings (SSSR count). The van der Waals surface area contributed by atoms with Crippen molar-refractivity contribution in [2.24, 2.45) is 9.98 Å². The zero-order valence-electron chi connectivity index (χ0n) is 29.2. The summed E-state index contributed by atoms with van der Waals surface area (Å²) >= 11 is 14.7. The largest absolute Gasteiger partial charge is 0.270 e. The van der Waals surface area contributed by atoms with E-state index >= 15 is 0 Å². The van der Waals surface area contributed by atoms with Gasteiger partial charge in [0.25, 0.3) is 0 Å². The van der Waals surface area contributed by atoms with Gasteiger partial charge < -0.3 is 0 Å². The minimum atomic E-state index is -1.06. The molecule has 0 fully saturated rings. The first kappa shape index (κ1) is 35.1. The summed E-state index contributed by atoms with van der Waals surface area (Å²) in [7, 11) is 0. The average molecular weight is 716 g/mol. The van der Waals surface area contributed by atoms with Gasteiger partial charge in [0.15, 0.2) is 0 Å². The number of hydrogen-bond acceptors (Lipinski definition) is 2. The quantitative estimate of drug-likeness (QED) is 0.126. The summed E-state index contributed by atoms with van der Waals surface area (Å²) in [4.78, 5) is 12.1. The minimum Gasteiger partial charge on any atom is -0.270 e. The van der Waals surface area contributed by atoms with Gasteiger partial charge in [0.2, 0.25) is 0 Å². The highest BCUT2D eigenvalue weighted by Gasteiger charge is 2.55.